The van der Waals surface area contributed by atoms with Crippen molar-refractivity contribution >= 4 is 28.4 Å². The van der Waals surface area contributed by atoms with Gasteiger partial charge in [0.25, 0.3) is 0 Å². The summed E-state index contributed by atoms with van der Waals surface area (Å²) < 4.78 is 26.0. The quantitative estimate of drug-likeness (QED) is 0.482. The molecule has 0 aliphatic rings. The summed E-state index contributed by atoms with van der Waals surface area (Å²) in [6.07, 6.45) is -0.752. The van der Waals surface area contributed by atoms with Crippen LogP contribution in [0.25, 0.3) is 0 Å². The summed E-state index contributed by atoms with van der Waals surface area (Å²) in [5, 5.41) is 8.45. The van der Waals surface area contributed by atoms with Crippen LogP contribution in [0, 0.1) is 11.3 Å². The van der Waals surface area contributed by atoms with Crippen LogP contribution in [0.2, 0.25) is 0 Å². The molecule has 0 aliphatic heterocycles. The first-order valence-electron chi connectivity index (χ1n) is 4.49. The molecule has 1 aromatic rings. The molecule has 0 spiro atoms. The number of nitriles is 1. The largest absolute Gasteiger partial charge is 0.311 e. The van der Waals surface area contributed by atoms with E-state index in [0.29, 0.717) is 0 Å². The Labute approximate surface area is 105 Å². The van der Waals surface area contributed by atoms with Crippen molar-refractivity contribution in [3.63, 3.8) is 0 Å². The molecule has 0 saturated carbocycles. The van der Waals surface area contributed by atoms with Crippen LogP contribution in [0.3, 0.4) is 0 Å². The molecule has 0 radical (unpaired) electrons. The minimum Gasteiger partial charge on any atom is -0.287 e. The zero-order valence-corrected chi connectivity index (χ0v) is 10.3. The maximum atomic E-state index is 13.4. The Morgan fingerprint density at radius 2 is 2.00 bits per heavy atom. The number of hydrogen-bond donors (Lipinski definition) is 0. The van der Waals surface area contributed by atoms with Crippen molar-refractivity contribution < 1.29 is 13.6 Å². The molecular weight excluding hydrogens is 327 g/mol. The van der Waals surface area contributed by atoms with Crippen molar-refractivity contribution in [3.8, 4) is 6.07 Å². The van der Waals surface area contributed by atoms with Crippen molar-refractivity contribution in [1.82, 2.24) is 0 Å². The fourth-order valence-electron chi connectivity index (χ4n) is 1.16. The van der Waals surface area contributed by atoms with Crippen molar-refractivity contribution in [2.45, 2.75) is 16.3 Å². The number of carbonyl (C=O) groups excluding carboxylic acids is 1. The van der Waals surface area contributed by atoms with Gasteiger partial charge in [-0.25, -0.2) is 0 Å². The summed E-state index contributed by atoms with van der Waals surface area (Å²) in [6.45, 7) is 0. The first-order valence-corrected chi connectivity index (χ1v) is 5.73. The molecule has 0 bridgehead atoms. The molecule has 0 aliphatic carbocycles. The molecule has 0 amide bonds. The predicted octanol–water partition coefficient (Wildman–Crippen LogP) is 3.22. The molecule has 0 aromatic heterocycles. The average molecular weight is 335 g/mol. The molecule has 0 saturated heterocycles. The number of nitrogens with zero attached hydrogens (tertiary/aromatic N) is 1. The Hall–Kier alpha value is -1.03. The second-order valence-electron chi connectivity index (χ2n) is 3.20. The minimum absolute atomic E-state index is 0.0333. The number of rotatable bonds is 4. The summed E-state index contributed by atoms with van der Waals surface area (Å²) in [5.74, 6) is -4.71. The van der Waals surface area contributed by atoms with E-state index in [9.17, 15) is 13.6 Å². The van der Waals surface area contributed by atoms with Crippen LogP contribution in [0.5, 0.6) is 0 Å². The Kier molecular flexibility index (Phi) is 4.35. The van der Waals surface area contributed by atoms with Crippen LogP contribution in [0.1, 0.15) is 16.8 Å². The molecule has 0 fully saturated rings. The van der Waals surface area contributed by atoms with Crippen LogP contribution >= 0.6 is 22.6 Å². The topological polar surface area (TPSA) is 40.9 Å². The second-order valence-corrected chi connectivity index (χ2v) is 4.70. The first kappa shape index (κ1) is 13.0. The number of ketones is 1. The van der Waals surface area contributed by atoms with Crippen LogP contribution in [0.15, 0.2) is 30.3 Å². The molecule has 0 N–H and O–H groups in total. The molecule has 1 rings (SSSR count). The predicted molar refractivity (Wildman–Crippen MR) is 63.8 cm³/mol. The molecule has 1 aromatic carbocycles. The highest BCUT2D eigenvalue weighted by molar-refractivity contribution is 14.1. The summed E-state index contributed by atoms with van der Waals surface area (Å²) in [7, 11) is 0. The van der Waals surface area contributed by atoms with Gasteiger partial charge in [0, 0.05) is 12.0 Å². The van der Waals surface area contributed by atoms with Gasteiger partial charge in [-0.3, -0.25) is 4.79 Å². The Morgan fingerprint density at radius 3 is 2.50 bits per heavy atom. The molecule has 1 unspecified atom stereocenters. The van der Waals surface area contributed by atoms with Crippen LogP contribution in [-0.2, 0) is 0 Å². The number of hydrogen-bond acceptors (Lipinski definition) is 2. The van der Waals surface area contributed by atoms with Crippen LogP contribution in [0.4, 0.5) is 8.78 Å². The maximum absolute atomic E-state index is 13.4. The number of carbonyl (C=O) groups is 1. The van der Waals surface area contributed by atoms with Gasteiger partial charge in [-0.1, -0.05) is 52.9 Å². The van der Waals surface area contributed by atoms with Crippen molar-refractivity contribution in [2.75, 3.05) is 0 Å². The minimum atomic E-state index is -3.48. The molecule has 16 heavy (non-hydrogen) atoms. The summed E-state index contributed by atoms with van der Waals surface area (Å²) >= 11 is 1.59. The average Bonchev–Trinajstić information content (AvgIpc) is 2.28. The highest BCUT2D eigenvalue weighted by Gasteiger charge is 2.40. The summed E-state index contributed by atoms with van der Waals surface area (Å²) in [5.41, 5.74) is -0.0333. The first-order chi connectivity index (χ1) is 7.47. The van der Waals surface area contributed by atoms with Gasteiger partial charge in [0.05, 0.1) is 6.07 Å². The second kappa shape index (κ2) is 5.34. The monoisotopic (exact) mass is 335 g/mol. The Balaban J connectivity index is 2.85. The molecule has 84 valence electrons. The number of alkyl halides is 3. The molecule has 0 heterocycles. The van der Waals surface area contributed by atoms with Gasteiger partial charge in [0.1, 0.15) is 3.92 Å². The third-order valence-electron chi connectivity index (χ3n) is 1.94. The van der Waals surface area contributed by atoms with Crippen LogP contribution in [-0.4, -0.2) is 15.6 Å². The highest BCUT2D eigenvalue weighted by Crippen LogP contribution is 2.27. The highest BCUT2D eigenvalue weighted by atomic mass is 127. The molecule has 1 atom stereocenters. The van der Waals surface area contributed by atoms with E-state index >= 15 is 0 Å². The maximum Gasteiger partial charge on any atom is 0.311 e. The van der Waals surface area contributed by atoms with E-state index in [2.05, 4.69) is 0 Å². The number of benzene rings is 1. The normalized spacial score (nSPS) is 12.9. The Bertz CT molecular complexity index is 414. The SMILES string of the molecule is N#CC(I)CC(F)(F)C(=O)c1ccccc1. The lowest BCUT2D eigenvalue weighted by atomic mass is 10.0. The number of halogens is 3. The summed E-state index contributed by atoms with van der Waals surface area (Å²) in [4.78, 5) is 11.5. The van der Waals surface area contributed by atoms with Crippen molar-refractivity contribution in [2.24, 2.45) is 0 Å². The van der Waals surface area contributed by atoms with Gasteiger partial charge in [0.2, 0.25) is 5.78 Å². The third-order valence-corrected chi connectivity index (χ3v) is 2.66. The lowest BCUT2D eigenvalue weighted by Gasteiger charge is -2.15. The fourth-order valence-corrected chi connectivity index (χ4v) is 1.72. The van der Waals surface area contributed by atoms with Crippen molar-refractivity contribution in [3.05, 3.63) is 35.9 Å². The lowest BCUT2D eigenvalue weighted by molar-refractivity contribution is 0.00720. The Morgan fingerprint density at radius 1 is 1.44 bits per heavy atom. The summed E-state index contributed by atoms with van der Waals surface area (Å²) in [6, 6.07) is 9.05. The third kappa shape index (κ3) is 3.23. The van der Waals surface area contributed by atoms with E-state index in [1.807, 2.05) is 0 Å². The van der Waals surface area contributed by atoms with E-state index in [0.717, 1.165) is 0 Å². The molecule has 5 heteroatoms. The van der Waals surface area contributed by atoms with E-state index < -0.39 is 22.1 Å². The van der Waals surface area contributed by atoms with Gasteiger partial charge in [0.15, 0.2) is 0 Å². The number of Topliss-reactive ketones (excluding diaryl/α,β-unsaturated/α-hetero) is 1. The zero-order chi connectivity index (χ0) is 12.2. The standard InChI is InChI=1S/C11H8F2INO/c12-11(13,6-9(14)7-15)10(16)8-4-2-1-3-5-8/h1-5,9H,6H2. The van der Waals surface area contributed by atoms with Gasteiger partial charge >= 0.3 is 5.92 Å². The van der Waals surface area contributed by atoms with E-state index in [-0.39, 0.29) is 5.56 Å². The van der Waals surface area contributed by atoms with Gasteiger partial charge in [-0.15, -0.1) is 0 Å². The molecule has 2 nitrogen and oxygen atoms in total. The molecular formula is C11H8F2INO. The fraction of sp³-hybridized carbons (Fsp3) is 0.273. The van der Waals surface area contributed by atoms with E-state index in [1.54, 1.807) is 34.7 Å². The van der Waals surface area contributed by atoms with Crippen LogP contribution < -0.4 is 0 Å². The van der Waals surface area contributed by atoms with Gasteiger partial charge in [-0.05, 0) is 0 Å². The van der Waals surface area contributed by atoms with Crippen molar-refractivity contribution in [1.29, 1.82) is 5.26 Å². The van der Waals surface area contributed by atoms with E-state index in [1.165, 1.54) is 24.3 Å². The van der Waals surface area contributed by atoms with Gasteiger partial charge < -0.3 is 0 Å². The van der Waals surface area contributed by atoms with E-state index in [4.69, 9.17) is 5.26 Å². The smallest absolute Gasteiger partial charge is 0.287 e. The van der Waals surface area contributed by atoms with Gasteiger partial charge in [-0.2, -0.15) is 14.0 Å². The zero-order valence-electron chi connectivity index (χ0n) is 8.16. The lowest BCUT2D eigenvalue weighted by Crippen LogP contribution is -2.31.